The maximum absolute atomic E-state index is 6.12. The second kappa shape index (κ2) is 6.79. The molecule has 5 aromatic rings. The van der Waals surface area contributed by atoms with Crippen molar-refractivity contribution < 1.29 is 9.05 Å². The number of rotatable bonds is 4. The monoisotopic (exact) mass is 389 g/mol. The molecule has 0 aliphatic heterocycles. The van der Waals surface area contributed by atoms with E-state index < -0.39 is 0 Å². The Balaban J connectivity index is 1.53. The zero-order valence-corrected chi connectivity index (χ0v) is 15.1. The van der Waals surface area contributed by atoms with Gasteiger partial charge in [-0.1, -0.05) is 34.0 Å². The van der Waals surface area contributed by atoms with E-state index in [9.17, 15) is 0 Å². The van der Waals surface area contributed by atoms with Crippen molar-refractivity contribution in [3.05, 3.63) is 72.1 Å². The fourth-order valence-electron chi connectivity index (χ4n) is 2.93. The Morgan fingerprint density at radius 3 is 2.57 bits per heavy atom. The number of nitrogens with zero attached hydrogens (tertiary/aromatic N) is 4. The Bertz CT molecular complexity index is 1250. The molecule has 0 radical (unpaired) electrons. The molecule has 0 amide bonds. The van der Waals surface area contributed by atoms with Crippen molar-refractivity contribution in [2.24, 2.45) is 0 Å². The van der Waals surface area contributed by atoms with Gasteiger partial charge in [-0.15, -0.1) is 0 Å². The molecular formula is C20H12ClN5O2. The standard InChI is InChI=1S/C20H12ClN5O2/c21-14-3-1-2-13(10-14)18-17-19(22-11-23-20(17)28-26-18)25-15-6-4-12(5-7-15)16-8-9-24-27-16/h1-11H,(H,22,23,25). The van der Waals surface area contributed by atoms with Crippen LogP contribution < -0.4 is 5.32 Å². The summed E-state index contributed by atoms with van der Waals surface area (Å²) in [5.74, 6) is 1.30. The lowest BCUT2D eigenvalue weighted by atomic mass is 10.1. The molecule has 0 atom stereocenters. The highest BCUT2D eigenvalue weighted by atomic mass is 35.5. The summed E-state index contributed by atoms with van der Waals surface area (Å²) >= 11 is 6.12. The van der Waals surface area contributed by atoms with E-state index in [1.165, 1.54) is 6.33 Å². The minimum Gasteiger partial charge on any atom is -0.356 e. The number of benzene rings is 2. The summed E-state index contributed by atoms with van der Waals surface area (Å²) in [6.45, 7) is 0. The first-order valence-corrected chi connectivity index (χ1v) is 8.80. The Morgan fingerprint density at radius 1 is 0.893 bits per heavy atom. The van der Waals surface area contributed by atoms with Crippen LogP contribution in [0.4, 0.5) is 11.5 Å². The molecule has 0 unspecified atom stereocenters. The molecular weight excluding hydrogens is 378 g/mol. The Morgan fingerprint density at radius 2 is 1.79 bits per heavy atom. The van der Waals surface area contributed by atoms with Gasteiger partial charge < -0.3 is 14.4 Å². The maximum Gasteiger partial charge on any atom is 0.263 e. The maximum atomic E-state index is 6.12. The van der Waals surface area contributed by atoms with Gasteiger partial charge in [-0.05, 0) is 36.4 Å². The highest BCUT2D eigenvalue weighted by Crippen LogP contribution is 2.33. The topological polar surface area (TPSA) is 89.9 Å². The van der Waals surface area contributed by atoms with Gasteiger partial charge in [0.1, 0.15) is 23.2 Å². The van der Waals surface area contributed by atoms with E-state index in [-0.39, 0.29) is 0 Å². The van der Waals surface area contributed by atoms with E-state index in [0.29, 0.717) is 33.4 Å². The quantitative estimate of drug-likeness (QED) is 0.443. The molecule has 0 spiro atoms. The van der Waals surface area contributed by atoms with Gasteiger partial charge in [-0.2, -0.15) is 4.98 Å². The lowest BCUT2D eigenvalue weighted by Crippen LogP contribution is -1.95. The first kappa shape index (κ1) is 16.5. The zero-order valence-electron chi connectivity index (χ0n) is 14.3. The summed E-state index contributed by atoms with van der Waals surface area (Å²) in [7, 11) is 0. The van der Waals surface area contributed by atoms with Crippen molar-refractivity contribution in [3.8, 4) is 22.6 Å². The normalized spacial score (nSPS) is 11.0. The van der Waals surface area contributed by atoms with Gasteiger partial charge in [-0.25, -0.2) is 4.98 Å². The molecule has 0 fully saturated rings. The lowest BCUT2D eigenvalue weighted by molar-refractivity contribution is 0.432. The number of hydrogen-bond donors (Lipinski definition) is 1. The smallest absolute Gasteiger partial charge is 0.263 e. The molecule has 0 bridgehead atoms. The number of halogens is 1. The summed E-state index contributed by atoms with van der Waals surface area (Å²) in [4.78, 5) is 8.54. The third-order valence-corrected chi connectivity index (χ3v) is 4.48. The molecule has 3 heterocycles. The average molecular weight is 390 g/mol. The van der Waals surface area contributed by atoms with Gasteiger partial charge in [-0.3, -0.25) is 0 Å². The van der Waals surface area contributed by atoms with Crippen molar-refractivity contribution in [1.82, 2.24) is 20.3 Å². The van der Waals surface area contributed by atoms with Crippen molar-refractivity contribution in [3.63, 3.8) is 0 Å². The van der Waals surface area contributed by atoms with Crippen LogP contribution in [0.25, 0.3) is 33.7 Å². The molecule has 5 rings (SSSR count). The van der Waals surface area contributed by atoms with Crippen molar-refractivity contribution in [2.75, 3.05) is 5.32 Å². The summed E-state index contributed by atoms with van der Waals surface area (Å²) in [5, 5.41) is 12.5. The van der Waals surface area contributed by atoms with Gasteiger partial charge >= 0.3 is 0 Å². The number of hydrogen-bond acceptors (Lipinski definition) is 7. The third kappa shape index (κ3) is 2.97. The van der Waals surface area contributed by atoms with E-state index in [1.807, 2.05) is 48.5 Å². The van der Waals surface area contributed by atoms with Crippen LogP contribution in [0.5, 0.6) is 0 Å². The number of anilines is 2. The largest absolute Gasteiger partial charge is 0.356 e. The van der Waals surface area contributed by atoms with E-state index in [4.69, 9.17) is 20.6 Å². The van der Waals surface area contributed by atoms with Gasteiger partial charge in [0.05, 0.1) is 6.20 Å². The van der Waals surface area contributed by atoms with Crippen LogP contribution in [-0.4, -0.2) is 20.3 Å². The Labute approximate surface area is 164 Å². The number of aromatic nitrogens is 4. The minimum atomic E-state index is 0.394. The fraction of sp³-hybridized carbons (Fsp3) is 0. The first-order valence-electron chi connectivity index (χ1n) is 8.42. The second-order valence-electron chi connectivity index (χ2n) is 6.02. The van der Waals surface area contributed by atoms with Gasteiger partial charge in [0.25, 0.3) is 5.71 Å². The van der Waals surface area contributed by atoms with E-state index in [2.05, 4.69) is 25.6 Å². The van der Waals surface area contributed by atoms with Crippen molar-refractivity contribution >= 4 is 34.2 Å². The van der Waals surface area contributed by atoms with Crippen LogP contribution in [0.1, 0.15) is 0 Å². The second-order valence-corrected chi connectivity index (χ2v) is 6.46. The first-order chi connectivity index (χ1) is 13.8. The molecule has 0 aliphatic carbocycles. The van der Waals surface area contributed by atoms with Crippen LogP contribution >= 0.6 is 11.6 Å². The lowest BCUT2D eigenvalue weighted by Gasteiger charge is -2.07. The van der Waals surface area contributed by atoms with Crippen molar-refractivity contribution in [2.45, 2.75) is 0 Å². The van der Waals surface area contributed by atoms with E-state index in [1.54, 1.807) is 12.3 Å². The van der Waals surface area contributed by atoms with Gasteiger partial charge in [0.2, 0.25) is 0 Å². The summed E-state index contributed by atoms with van der Waals surface area (Å²) < 4.78 is 10.6. The van der Waals surface area contributed by atoms with Crippen LogP contribution in [-0.2, 0) is 0 Å². The van der Waals surface area contributed by atoms with Crippen LogP contribution in [0.3, 0.4) is 0 Å². The molecule has 7 nitrogen and oxygen atoms in total. The van der Waals surface area contributed by atoms with Crippen LogP contribution in [0.2, 0.25) is 5.02 Å². The van der Waals surface area contributed by atoms with E-state index >= 15 is 0 Å². The van der Waals surface area contributed by atoms with Crippen LogP contribution in [0, 0.1) is 0 Å². The number of fused-ring (bicyclic) bond motifs is 1. The fourth-order valence-corrected chi connectivity index (χ4v) is 3.12. The molecule has 0 saturated heterocycles. The molecule has 136 valence electrons. The molecule has 3 aromatic heterocycles. The van der Waals surface area contributed by atoms with E-state index in [0.717, 1.165) is 16.8 Å². The number of nitrogens with one attached hydrogen (secondary N) is 1. The average Bonchev–Trinajstić information content (AvgIpc) is 3.39. The zero-order chi connectivity index (χ0) is 18.9. The summed E-state index contributed by atoms with van der Waals surface area (Å²) in [5.41, 5.74) is 3.62. The highest BCUT2D eigenvalue weighted by Gasteiger charge is 2.17. The Hall–Kier alpha value is -3.71. The van der Waals surface area contributed by atoms with Crippen molar-refractivity contribution in [1.29, 1.82) is 0 Å². The van der Waals surface area contributed by atoms with Gasteiger partial charge in [0, 0.05) is 27.9 Å². The predicted octanol–water partition coefficient (Wildman–Crippen LogP) is 5.34. The molecule has 0 aliphatic rings. The Kier molecular flexibility index (Phi) is 3.99. The SMILES string of the molecule is Clc1cccc(-c2noc3ncnc(Nc4ccc(-c5ccno5)cc4)c23)c1. The molecule has 28 heavy (non-hydrogen) atoms. The molecule has 0 saturated carbocycles. The third-order valence-electron chi connectivity index (χ3n) is 4.24. The highest BCUT2D eigenvalue weighted by molar-refractivity contribution is 6.30. The minimum absolute atomic E-state index is 0.394. The molecule has 1 N–H and O–H groups in total. The predicted molar refractivity (Wildman–Crippen MR) is 105 cm³/mol. The summed E-state index contributed by atoms with van der Waals surface area (Å²) in [6.07, 6.45) is 3.04. The van der Waals surface area contributed by atoms with Gasteiger partial charge in [0.15, 0.2) is 5.76 Å². The molecule has 8 heteroatoms. The van der Waals surface area contributed by atoms with Crippen LogP contribution in [0.15, 0.2) is 76.2 Å². The summed E-state index contributed by atoms with van der Waals surface area (Å²) in [6, 6.07) is 16.9. The molecule has 2 aromatic carbocycles.